The quantitative estimate of drug-likeness (QED) is 0.817. The van der Waals surface area contributed by atoms with Crippen LogP contribution in [0.4, 0.5) is 5.69 Å². The molecule has 4 heteroatoms. The van der Waals surface area contributed by atoms with Crippen LogP contribution >= 0.6 is 15.9 Å². The summed E-state index contributed by atoms with van der Waals surface area (Å²) in [4.78, 5) is 4.40. The summed E-state index contributed by atoms with van der Waals surface area (Å²) in [5, 5.41) is 3.40. The molecule has 0 aliphatic rings. The molecule has 100 valence electrons. The van der Waals surface area contributed by atoms with Crippen molar-refractivity contribution in [3.63, 3.8) is 0 Å². The lowest BCUT2D eigenvalue weighted by atomic mass is 10.2. The van der Waals surface area contributed by atoms with Crippen LogP contribution in [0, 0.1) is 0 Å². The molecule has 0 atom stereocenters. The predicted molar refractivity (Wildman–Crippen MR) is 81.0 cm³/mol. The second-order valence-corrected chi connectivity index (χ2v) is 4.91. The number of halogens is 1. The van der Waals surface area contributed by atoms with E-state index < -0.39 is 0 Å². The smallest absolute Gasteiger partial charge is 0.106 e. The Morgan fingerprint density at radius 2 is 2.00 bits per heavy atom. The molecular weight excluding hydrogens is 304 g/mol. The van der Waals surface area contributed by atoms with Crippen molar-refractivity contribution in [3.05, 3.63) is 58.3 Å². The van der Waals surface area contributed by atoms with E-state index in [2.05, 4.69) is 38.4 Å². The molecule has 1 aromatic heterocycles. The Bertz CT molecular complexity index is 531. The normalized spacial score (nSPS) is 10.4. The summed E-state index contributed by atoms with van der Waals surface area (Å²) in [5.41, 5.74) is 3.26. The molecule has 3 nitrogen and oxygen atoms in total. The number of nitrogens with zero attached hydrogens (tertiary/aromatic N) is 1. The summed E-state index contributed by atoms with van der Waals surface area (Å²) in [7, 11) is 0. The topological polar surface area (TPSA) is 34.1 Å². The van der Waals surface area contributed by atoms with Crippen LogP contribution in [0.1, 0.15) is 18.2 Å². The number of para-hydroxylation sites is 1. The van der Waals surface area contributed by atoms with Gasteiger partial charge in [-0.1, -0.05) is 24.3 Å². The van der Waals surface area contributed by atoms with E-state index in [1.807, 2.05) is 37.3 Å². The maximum atomic E-state index is 5.47. The van der Waals surface area contributed by atoms with E-state index in [4.69, 9.17) is 4.74 Å². The number of aromatic nitrogens is 1. The molecule has 0 saturated carbocycles. The van der Waals surface area contributed by atoms with Gasteiger partial charge in [0.25, 0.3) is 0 Å². The van der Waals surface area contributed by atoms with Crippen LogP contribution in [0.2, 0.25) is 0 Å². The Morgan fingerprint density at radius 1 is 1.16 bits per heavy atom. The standard InChI is InChI=1S/C15H17BrN2O/c1-2-19-11-12-6-3-4-8-14(12)17-10-13-7-5-9-15(16)18-13/h3-9,17H,2,10-11H2,1H3. The van der Waals surface area contributed by atoms with E-state index in [0.29, 0.717) is 13.2 Å². The zero-order valence-electron chi connectivity index (χ0n) is 10.9. The second-order valence-electron chi connectivity index (χ2n) is 4.10. The fourth-order valence-corrected chi connectivity index (χ4v) is 2.15. The van der Waals surface area contributed by atoms with Gasteiger partial charge in [-0.05, 0) is 41.1 Å². The highest BCUT2D eigenvalue weighted by Crippen LogP contribution is 2.17. The van der Waals surface area contributed by atoms with Crippen LogP contribution < -0.4 is 5.32 Å². The van der Waals surface area contributed by atoms with E-state index >= 15 is 0 Å². The second kappa shape index (κ2) is 7.26. The zero-order chi connectivity index (χ0) is 13.5. The first-order chi connectivity index (χ1) is 9.29. The number of hydrogen-bond acceptors (Lipinski definition) is 3. The molecule has 0 fully saturated rings. The lowest BCUT2D eigenvalue weighted by Gasteiger charge is -2.11. The van der Waals surface area contributed by atoms with Gasteiger partial charge in [0.05, 0.1) is 18.8 Å². The van der Waals surface area contributed by atoms with Crippen LogP contribution in [0.3, 0.4) is 0 Å². The van der Waals surface area contributed by atoms with E-state index in [0.717, 1.165) is 22.6 Å². The maximum Gasteiger partial charge on any atom is 0.106 e. The van der Waals surface area contributed by atoms with E-state index in [1.165, 1.54) is 5.56 Å². The van der Waals surface area contributed by atoms with Crippen LogP contribution in [0.15, 0.2) is 47.1 Å². The number of pyridine rings is 1. The highest BCUT2D eigenvalue weighted by molar-refractivity contribution is 9.10. The van der Waals surface area contributed by atoms with Crippen molar-refractivity contribution in [2.45, 2.75) is 20.1 Å². The highest BCUT2D eigenvalue weighted by atomic mass is 79.9. The van der Waals surface area contributed by atoms with Crippen LogP contribution in [0.5, 0.6) is 0 Å². The molecule has 0 aliphatic heterocycles. The van der Waals surface area contributed by atoms with Crippen LogP contribution in [-0.4, -0.2) is 11.6 Å². The first kappa shape index (κ1) is 14.0. The Labute approximate surface area is 122 Å². The summed E-state index contributed by atoms with van der Waals surface area (Å²) < 4.78 is 6.32. The number of nitrogens with one attached hydrogen (secondary N) is 1. The number of ether oxygens (including phenoxy) is 1. The van der Waals surface area contributed by atoms with Crippen molar-refractivity contribution in [1.29, 1.82) is 0 Å². The Hall–Kier alpha value is -1.39. The molecule has 0 bridgehead atoms. The summed E-state index contributed by atoms with van der Waals surface area (Å²) in [6.45, 7) is 4.05. The van der Waals surface area contributed by atoms with E-state index in [9.17, 15) is 0 Å². The highest BCUT2D eigenvalue weighted by Gasteiger charge is 2.02. The number of hydrogen-bond donors (Lipinski definition) is 1. The monoisotopic (exact) mass is 320 g/mol. The van der Waals surface area contributed by atoms with E-state index in [-0.39, 0.29) is 0 Å². The van der Waals surface area contributed by atoms with Gasteiger partial charge in [-0.15, -0.1) is 0 Å². The van der Waals surface area contributed by atoms with Crippen LogP contribution in [0.25, 0.3) is 0 Å². The fourth-order valence-electron chi connectivity index (χ4n) is 1.77. The maximum absolute atomic E-state index is 5.47. The molecule has 1 aromatic carbocycles. The minimum absolute atomic E-state index is 0.631. The summed E-state index contributed by atoms with van der Waals surface area (Å²) in [5.74, 6) is 0. The lowest BCUT2D eigenvalue weighted by Crippen LogP contribution is -2.05. The predicted octanol–water partition coefficient (Wildman–Crippen LogP) is 3.99. The molecule has 0 saturated heterocycles. The average molecular weight is 321 g/mol. The molecule has 0 amide bonds. The number of benzene rings is 1. The van der Waals surface area contributed by atoms with Gasteiger partial charge >= 0.3 is 0 Å². The fraction of sp³-hybridized carbons (Fsp3) is 0.267. The third kappa shape index (κ3) is 4.33. The first-order valence-corrected chi connectivity index (χ1v) is 7.10. The molecule has 19 heavy (non-hydrogen) atoms. The van der Waals surface area contributed by atoms with Gasteiger partial charge in [0, 0.05) is 17.9 Å². The van der Waals surface area contributed by atoms with E-state index in [1.54, 1.807) is 0 Å². The molecule has 2 rings (SSSR count). The Balaban J connectivity index is 2.02. The van der Waals surface area contributed by atoms with Gasteiger partial charge in [-0.3, -0.25) is 0 Å². The molecule has 1 heterocycles. The van der Waals surface area contributed by atoms with Gasteiger partial charge in [-0.25, -0.2) is 4.98 Å². The number of anilines is 1. The third-order valence-electron chi connectivity index (χ3n) is 2.71. The van der Waals surface area contributed by atoms with Crippen molar-refractivity contribution in [1.82, 2.24) is 4.98 Å². The van der Waals surface area contributed by atoms with Crippen molar-refractivity contribution < 1.29 is 4.74 Å². The van der Waals surface area contributed by atoms with Crippen molar-refractivity contribution in [3.8, 4) is 0 Å². The average Bonchev–Trinajstić information content (AvgIpc) is 2.44. The minimum Gasteiger partial charge on any atom is -0.379 e. The first-order valence-electron chi connectivity index (χ1n) is 6.30. The molecule has 1 N–H and O–H groups in total. The van der Waals surface area contributed by atoms with Gasteiger partial charge in [0.15, 0.2) is 0 Å². The van der Waals surface area contributed by atoms with Gasteiger partial charge in [0.1, 0.15) is 4.60 Å². The third-order valence-corrected chi connectivity index (χ3v) is 3.15. The summed E-state index contributed by atoms with van der Waals surface area (Å²) in [6, 6.07) is 14.1. The van der Waals surface area contributed by atoms with Gasteiger partial charge in [0.2, 0.25) is 0 Å². The van der Waals surface area contributed by atoms with Crippen molar-refractivity contribution >= 4 is 21.6 Å². The lowest BCUT2D eigenvalue weighted by molar-refractivity contribution is 0.134. The van der Waals surface area contributed by atoms with Gasteiger partial charge < -0.3 is 10.1 Å². The Morgan fingerprint density at radius 3 is 2.79 bits per heavy atom. The largest absolute Gasteiger partial charge is 0.379 e. The summed E-state index contributed by atoms with van der Waals surface area (Å²) in [6.07, 6.45) is 0. The van der Waals surface area contributed by atoms with Crippen LogP contribution in [-0.2, 0) is 17.9 Å². The minimum atomic E-state index is 0.631. The Kier molecular flexibility index (Phi) is 5.36. The zero-order valence-corrected chi connectivity index (χ0v) is 12.5. The molecular formula is C15H17BrN2O. The SMILES string of the molecule is CCOCc1ccccc1NCc1cccc(Br)n1. The van der Waals surface area contributed by atoms with Crippen molar-refractivity contribution in [2.75, 3.05) is 11.9 Å². The molecule has 0 aliphatic carbocycles. The molecule has 0 unspecified atom stereocenters. The number of rotatable bonds is 6. The molecule has 0 radical (unpaired) electrons. The van der Waals surface area contributed by atoms with Crippen molar-refractivity contribution in [2.24, 2.45) is 0 Å². The molecule has 0 spiro atoms. The summed E-state index contributed by atoms with van der Waals surface area (Å²) >= 11 is 3.38. The molecule has 2 aromatic rings. The van der Waals surface area contributed by atoms with Gasteiger partial charge in [-0.2, -0.15) is 0 Å².